The average molecular weight is 474 g/mol. The number of carboxylic acid groups (broad SMARTS) is 1. The van der Waals surface area contributed by atoms with Gasteiger partial charge >= 0.3 is 5.97 Å². The van der Waals surface area contributed by atoms with Crippen LogP contribution in [0.3, 0.4) is 0 Å². The number of carbonyl (C=O) groups is 2. The average Bonchev–Trinajstić information content (AvgIpc) is 2.80. The van der Waals surface area contributed by atoms with Gasteiger partial charge in [0.1, 0.15) is 12.4 Å². The number of carbonyl (C=O) groups excluding carboxylic acids is 1. The Hall–Kier alpha value is -3.60. The Morgan fingerprint density at radius 1 is 0.943 bits per heavy atom. The van der Waals surface area contributed by atoms with E-state index >= 15 is 0 Å². The van der Waals surface area contributed by atoms with E-state index in [1.165, 1.54) is 0 Å². The summed E-state index contributed by atoms with van der Waals surface area (Å²) in [6.45, 7) is 8.66. The first-order chi connectivity index (χ1) is 16.7. The molecule has 184 valence electrons. The van der Waals surface area contributed by atoms with Crippen molar-refractivity contribution in [3.63, 3.8) is 0 Å². The highest BCUT2D eigenvalue weighted by atomic mass is 16.5. The lowest BCUT2D eigenvalue weighted by Crippen LogP contribution is -2.23. The zero-order valence-corrected chi connectivity index (χ0v) is 21.0. The second-order valence-electron chi connectivity index (χ2n) is 9.58. The number of rotatable bonds is 11. The molecule has 3 aromatic rings. The van der Waals surface area contributed by atoms with Crippen LogP contribution in [0.5, 0.6) is 5.75 Å². The molecule has 0 aliphatic carbocycles. The van der Waals surface area contributed by atoms with Gasteiger partial charge in [0, 0.05) is 12.1 Å². The van der Waals surface area contributed by atoms with E-state index in [2.05, 4.69) is 37.4 Å². The lowest BCUT2D eigenvalue weighted by Gasteiger charge is -2.22. The van der Waals surface area contributed by atoms with Gasteiger partial charge in [0.15, 0.2) is 0 Å². The molecule has 3 aromatic carbocycles. The third-order valence-corrected chi connectivity index (χ3v) is 5.86. The molecule has 0 saturated heterocycles. The van der Waals surface area contributed by atoms with Crippen molar-refractivity contribution in [3.05, 3.63) is 94.5 Å². The number of aryl methyl sites for hydroxylation is 3. The number of hydrogen-bond acceptors (Lipinski definition) is 3. The van der Waals surface area contributed by atoms with Gasteiger partial charge in [-0.2, -0.15) is 0 Å². The molecule has 0 aliphatic rings. The predicted octanol–water partition coefficient (Wildman–Crippen LogP) is 6.67. The molecule has 0 spiro atoms. The highest BCUT2D eigenvalue weighted by Crippen LogP contribution is 2.29. The lowest BCUT2D eigenvalue weighted by molar-refractivity contribution is -0.137. The van der Waals surface area contributed by atoms with E-state index in [1.807, 2.05) is 62.4 Å². The summed E-state index contributed by atoms with van der Waals surface area (Å²) in [6.07, 6.45) is 1.05. The fourth-order valence-electron chi connectivity index (χ4n) is 4.27. The van der Waals surface area contributed by atoms with E-state index in [9.17, 15) is 14.7 Å². The van der Waals surface area contributed by atoms with Crippen molar-refractivity contribution in [1.82, 2.24) is 0 Å². The van der Waals surface area contributed by atoms with Gasteiger partial charge in [-0.05, 0) is 67.5 Å². The number of ether oxygens (including phenoxy) is 1. The summed E-state index contributed by atoms with van der Waals surface area (Å²) in [6, 6.07) is 21.5. The molecule has 0 aliphatic heterocycles. The molecule has 0 aromatic heterocycles. The summed E-state index contributed by atoms with van der Waals surface area (Å²) in [5, 5.41) is 12.3. The first-order valence-corrected chi connectivity index (χ1v) is 12.1. The van der Waals surface area contributed by atoms with Gasteiger partial charge in [0.25, 0.3) is 0 Å². The lowest BCUT2D eigenvalue weighted by atomic mass is 9.87. The van der Waals surface area contributed by atoms with Crippen molar-refractivity contribution in [2.24, 2.45) is 5.92 Å². The molecule has 2 N–H and O–H groups in total. The van der Waals surface area contributed by atoms with E-state index in [-0.39, 0.29) is 18.2 Å². The topological polar surface area (TPSA) is 75.6 Å². The Balaban J connectivity index is 1.87. The fraction of sp³-hybridized carbons (Fsp3) is 0.333. The highest BCUT2D eigenvalue weighted by molar-refractivity contribution is 5.96. The number of para-hydroxylation sites is 1. The van der Waals surface area contributed by atoms with Crippen molar-refractivity contribution < 1.29 is 19.4 Å². The molecule has 1 atom stereocenters. The molecular weight excluding hydrogens is 438 g/mol. The normalized spacial score (nSPS) is 11.8. The van der Waals surface area contributed by atoms with Gasteiger partial charge in [-0.1, -0.05) is 73.5 Å². The molecule has 1 unspecified atom stereocenters. The maximum atomic E-state index is 13.6. The minimum Gasteiger partial charge on any atom is -0.489 e. The van der Waals surface area contributed by atoms with Crippen molar-refractivity contribution in [2.75, 3.05) is 5.32 Å². The molecule has 3 rings (SSSR count). The first kappa shape index (κ1) is 26.0. The van der Waals surface area contributed by atoms with Crippen LogP contribution in [0.2, 0.25) is 0 Å². The number of hydrogen-bond donors (Lipinski definition) is 2. The van der Waals surface area contributed by atoms with Crippen LogP contribution in [0.25, 0.3) is 0 Å². The Kier molecular flexibility index (Phi) is 9.07. The summed E-state index contributed by atoms with van der Waals surface area (Å²) < 4.78 is 5.88. The fourth-order valence-corrected chi connectivity index (χ4v) is 4.27. The summed E-state index contributed by atoms with van der Waals surface area (Å²) >= 11 is 0. The van der Waals surface area contributed by atoms with Gasteiger partial charge in [-0.3, -0.25) is 9.59 Å². The third kappa shape index (κ3) is 7.99. The molecular formula is C30H35NO4. The van der Waals surface area contributed by atoms with Crippen molar-refractivity contribution in [3.8, 4) is 5.75 Å². The molecule has 5 heteroatoms. The Morgan fingerprint density at radius 2 is 1.63 bits per heavy atom. The van der Waals surface area contributed by atoms with Crippen molar-refractivity contribution >= 4 is 17.6 Å². The van der Waals surface area contributed by atoms with Gasteiger partial charge in [-0.25, -0.2) is 0 Å². The Bertz CT molecular complexity index is 1130. The smallest absolute Gasteiger partial charge is 0.303 e. The Morgan fingerprint density at radius 3 is 2.26 bits per heavy atom. The predicted molar refractivity (Wildman–Crippen MR) is 140 cm³/mol. The number of amides is 1. The highest BCUT2D eigenvalue weighted by Gasteiger charge is 2.23. The van der Waals surface area contributed by atoms with Crippen LogP contribution in [-0.2, 0) is 22.6 Å². The number of anilines is 1. The first-order valence-electron chi connectivity index (χ1n) is 12.1. The molecule has 35 heavy (non-hydrogen) atoms. The molecule has 0 radical (unpaired) electrons. The maximum Gasteiger partial charge on any atom is 0.303 e. The van der Waals surface area contributed by atoms with Crippen LogP contribution in [-0.4, -0.2) is 17.0 Å². The summed E-state index contributed by atoms with van der Waals surface area (Å²) in [4.78, 5) is 24.8. The minimum atomic E-state index is -0.869. The van der Waals surface area contributed by atoms with E-state index in [0.29, 0.717) is 24.6 Å². The summed E-state index contributed by atoms with van der Waals surface area (Å²) in [5.41, 5.74) is 5.60. The van der Waals surface area contributed by atoms with Crippen molar-refractivity contribution in [1.29, 1.82) is 0 Å². The van der Waals surface area contributed by atoms with E-state index in [1.54, 1.807) is 0 Å². The van der Waals surface area contributed by atoms with Crippen LogP contribution >= 0.6 is 0 Å². The standard InChI is InChI=1S/C30H35NO4/c1-20(2)14-27(25-16-21(3)15-22(4)17-25)30(34)31-28-18-23(10-11-24(28)12-13-29(32)33)19-35-26-8-6-5-7-9-26/h5-11,15-18,20,27H,12-14,19H2,1-4H3,(H,31,34)(H,32,33). The van der Waals surface area contributed by atoms with E-state index in [0.717, 1.165) is 40.0 Å². The zero-order chi connectivity index (χ0) is 25.4. The molecule has 1 amide bonds. The second-order valence-corrected chi connectivity index (χ2v) is 9.58. The molecule has 0 fully saturated rings. The molecule has 0 bridgehead atoms. The van der Waals surface area contributed by atoms with E-state index in [4.69, 9.17) is 4.74 Å². The molecule has 0 saturated carbocycles. The van der Waals surface area contributed by atoms with Gasteiger partial charge in [0.2, 0.25) is 5.91 Å². The monoisotopic (exact) mass is 473 g/mol. The second kappa shape index (κ2) is 12.2. The van der Waals surface area contributed by atoms with Gasteiger partial charge in [0.05, 0.1) is 5.92 Å². The molecule has 5 nitrogen and oxygen atoms in total. The SMILES string of the molecule is Cc1cc(C)cc(C(CC(C)C)C(=O)Nc2cc(COc3ccccc3)ccc2CCC(=O)O)c1. The van der Waals surface area contributed by atoms with Gasteiger partial charge < -0.3 is 15.2 Å². The van der Waals surface area contributed by atoms with Crippen LogP contribution in [0.1, 0.15) is 60.4 Å². The number of carboxylic acids is 1. The van der Waals surface area contributed by atoms with E-state index < -0.39 is 5.97 Å². The largest absolute Gasteiger partial charge is 0.489 e. The van der Waals surface area contributed by atoms with Crippen molar-refractivity contribution in [2.45, 2.75) is 59.5 Å². The number of benzene rings is 3. The summed E-state index contributed by atoms with van der Waals surface area (Å²) in [7, 11) is 0. The Labute approximate surface area is 208 Å². The van der Waals surface area contributed by atoms with Crippen LogP contribution in [0.4, 0.5) is 5.69 Å². The number of nitrogens with one attached hydrogen (secondary N) is 1. The minimum absolute atomic E-state index is 0.00473. The van der Waals surface area contributed by atoms with Crippen LogP contribution in [0.15, 0.2) is 66.7 Å². The van der Waals surface area contributed by atoms with Crippen LogP contribution in [0, 0.1) is 19.8 Å². The maximum absolute atomic E-state index is 13.6. The zero-order valence-electron chi connectivity index (χ0n) is 21.0. The van der Waals surface area contributed by atoms with Crippen LogP contribution < -0.4 is 10.1 Å². The summed E-state index contributed by atoms with van der Waals surface area (Å²) in [5.74, 6) is -0.151. The molecule has 0 heterocycles. The number of aliphatic carboxylic acids is 1. The van der Waals surface area contributed by atoms with Gasteiger partial charge in [-0.15, -0.1) is 0 Å². The quantitative estimate of drug-likeness (QED) is 0.326. The third-order valence-electron chi connectivity index (χ3n) is 5.86.